The number of rotatable bonds is 8. The lowest BCUT2D eigenvalue weighted by Crippen LogP contribution is -2.09. The van der Waals surface area contributed by atoms with E-state index < -0.39 is 0 Å². The molecule has 0 unspecified atom stereocenters. The van der Waals surface area contributed by atoms with Crippen molar-refractivity contribution in [3.05, 3.63) is 183 Å². The Labute approximate surface area is 312 Å². The molecule has 0 atom stereocenters. The quantitative estimate of drug-likeness (QED) is 0.168. The van der Waals surface area contributed by atoms with Gasteiger partial charge in [-0.25, -0.2) is 19.9 Å². The van der Waals surface area contributed by atoms with E-state index >= 15 is 0 Å². The second-order valence-electron chi connectivity index (χ2n) is 12.8. The van der Waals surface area contributed by atoms with Crippen molar-refractivity contribution in [3.8, 4) is 78.7 Å². The van der Waals surface area contributed by atoms with Crippen LogP contribution in [0.4, 0.5) is 0 Å². The molecule has 0 aliphatic carbocycles. The number of hydrogen-bond acceptors (Lipinski definition) is 8. The van der Waals surface area contributed by atoms with Gasteiger partial charge >= 0.3 is 0 Å². The van der Waals surface area contributed by atoms with Crippen LogP contribution in [0.3, 0.4) is 0 Å². The molecular weight excluding hydrogens is 665 g/mol. The Morgan fingerprint density at radius 3 is 1.26 bits per heavy atom. The predicted molar refractivity (Wildman–Crippen MR) is 214 cm³/mol. The number of aromatic nitrogens is 7. The van der Waals surface area contributed by atoms with Crippen LogP contribution >= 0.6 is 0 Å². The maximum absolute atomic E-state index is 4.97. The smallest absolute Gasteiger partial charge is 0.160 e. The van der Waals surface area contributed by atoms with Gasteiger partial charge in [0.05, 0.1) is 22.8 Å². The molecule has 0 saturated heterocycles. The minimum absolute atomic E-state index is 0.644. The lowest BCUT2D eigenvalue weighted by Gasteiger charge is -2.12. The third-order valence-electron chi connectivity index (χ3n) is 9.30. The highest BCUT2D eigenvalue weighted by molar-refractivity contribution is 5.78. The molecule has 8 nitrogen and oxygen atoms in total. The first-order valence-corrected chi connectivity index (χ1v) is 17.7. The Bertz CT molecular complexity index is 2550. The highest BCUT2D eigenvalue weighted by atomic mass is 14.9. The van der Waals surface area contributed by atoms with Crippen LogP contribution in [0.1, 0.15) is 5.82 Å². The fourth-order valence-electron chi connectivity index (χ4n) is 6.42. The van der Waals surface area contributed by atoms with Crippen molar-refractivity contribution in [1.82, 2.24) is 40.2 Å². The number of allylic oxidation sites excluding steroid dienone is 2. The summed E-state index contributed by atoms with van der Waals surface area (Å²) in [5.41, 5.74) is 13.7. The standard InChI is InChI=1S/C46H32N8/c1-3-39(29-49-21-1)43-27-41(51-45(53-43)37-17-23-47-24-18-37)35-13-9-33(10-14-35)31-5-7-32(8-6-31)34-11-15-36(16-12-34)42-28-44(40-4-2-22-50-30-40)54-46(52-42)38-19-25-48-26-20-38/h1-25,27-30,48H,26H2. The first-order chi connectivity index (χ1) is 26.7. The van der Waals surface area contributed by atoms with Crippen LogP contribution in [0.15, 0.2) is 177 Å². The van der Waals surface area contributed by atoms with Crippen LogP contribution in [0.25, 0.3) is 84.2 Å². The summed E-state index contributed by atoms with van der Waals surface area (Å²) in [4.78, 5) is 32.4. The molecule has 0 fully saturated rings. The van der Waals surface area contributed by atoms with Gasteiger partial charge in [0, 0.05) is 77.1 Å². The highest BCUT2D eigenvalue weighted by Crippen LogP contribution is 2.32. The van der Waals surface area contributed by atoms with Gasteiger partial charge in [-0.05, 0) is 83.1 Å². The van der Waals surface area contributed by atoms with E-state index in [1.807, 2.05) is 73.2 Å². The highest BCUT2D eigenvalue weighted by Gasteiger charge is 2.14. The second kappa shape index (κ2) is 14.7. The van der Waals surface area contributed by atoms with Gasteiger partial charge in [-0.15, -0.1) is 0 Å². The molecule has 0 radical (unpaired) electrons. The van der Waals surface area contributed by atoms with Crippen LogP contribution in [0.2, 0.25) is 0 Å². The molecule has 8 aromatic rings. The molecule has 6 heterocycles. The third-order valence-corrected chi connectivity index (χ3v) is 9.30. The van der Waals surface area contributed by atoms with E-state index in [1.165, 1.54) is 0 Å². The van der Waals surface area contributed by atoms with Crippen LogP contribution in [0.5, 0.6) is 0 Å². The van der Waals surface area contributed by atoms with E-state index in [4.69, 9.17) is 19.9 Å². The molecule has 8 heteroatoms. The van der Waals surface area contributed by atoms with Gasteiger partial charge in [-0.2, -0.15) is 0 Å². The summed E-state index contributed by atoms with van der Waals surface area (Å²) in [5.74, 6) is 1.34. The molecule has 1 N–H and O–H groups in total. The number of benzene rings is 3. The molecule has 9 rings (SSSR count). The number of pyridine rings is 3. The Morgan fingerprint density at radius 2 is 0.833 bits per heavy atom. The maximum Gasteiger partial charge on any atom is 0.160 e. The normalized spacial score (nSPS) is 12.2. The zero-order chi connectivity index (χ0) is 36.1. The van der Waals surface area contributed by atoms with Gasteiger partial charge in [0.15, 0.2) is 11.6 Å². The largest absolute Gasteiger partial charge is 0.387 e. The SMILES string of the molecule is C1=CC(c2nc(-c3ccc(-c4ccc(-c5ccc(-c6cc(-c7cccnc7)nc(-c7ccncc7)n6)cc5)cc4)cc3)cc(-c3cccnc3)n2)=CCN1. The van der Waals surface area contributed by atoms with Gasteiger partial charge in [-0.1, -0.05) is 78.9 Å². The molecule has 0 saturated carbocycles. The fourth-order valence-corrected chi connectivity index (χ4v) is 6.42. The van der Waals surface area contributed by atoms with Gasteiger partial charge in [0.1, 0.15) is 0 Å². The number of dihydropyridines is 1. The van der Waals surface area contributed by atoms with E-state index in [0.29, 0.717) is 11.6 Å². The van der Waals surface area contributed by atoms with Gasteiger partial charge in [0.2, 0.25) is 0 Å². The Kier molecular flexibility index (Phi) is 8.81. The number of nitrogens with one attached hydrogen (secondary N) is 1. The Morgan fingerprint density at radius 1 is 0.389 bits per heavy atom. The van der Waals surface area contributed by atoms with Crippen molar-refractivity contribution in [1.29, 1.82) is 0 Å². The summed E-state index contributed by atoms with van der Waals surface area (Å²) in [6.45, 7) is 0.742. The van der Waals surface area contributed by atoms with Gasteiger partial charge < -0.3 is 5.32 Å². The van der Waals surface area contributed by atoms with Crippen molar-refractivity contribution in [3.63, 3.8) is 0 Å². The topological polar surface area (TPSA) is 102 Å². The maximum atomic E-state index is 4.97. The zero-order valence-electron chi connectivity index (χ0n) is 29.1. The molecule has 1 aliphatic heterocycles. The number of hydrogen-bond donors (Lipinski definition) is 1. The summed E-state index contributed by atoms with van der Waals surface area (Å²) in [5, 5.41) is 3.20. The average Bonchev–Trinajstić information content (AvgIpc) is 3.27. The van der Waals surface area contributed by atoms with E-state index in [2.05, 4.69) is 99.1 Å². The van der Waals surface area contributed by atoms with E-state index in [-0.39, 0.29) is 0 Å². The van der Waals surface area contributed by atoms with Crippen LogP contribution in [-0.2, 0) is 0 Å². The molecule has 3 aromatic carbocycles. The van der Waals surface area contributed by atoms with Crippen LogP contribution in [0, 0.1) is 0 Å². The lowest BCUT2D eigenvalue weighted by atomic mass is 9.98. The van der Waals surface area contributed by atoms with Crippen molar-refractivity contribution >= 4 is 5.57 Å². The first-order valence-electron chi connectivity index (χ1n) is 17.7. The third kappa shape index (κ3) is 6.91. The lowest BCUT2D eigenvalue weighted by molar-refractivity contribution is 0.969. The molecule has 1 aliphatic rings. The summed E-state index contributed by atoms with van der Waals surface area (Å²) < 4.78 is 0. The summed E-state index contributed by atoms with van der Waals surface area (Å²) in [6, 6.07) is 41.5. The minimum atomic E-state index is 0.644. The number of nitrogens with zero attached hydrogens (tertiary/aromatic N) is 7. The van der Waals surface area contributed by atoms with Crippen molar-refractivity contribution in [2.45, 2.75) is 0 Å². The fraction of sp³-hybridized carbons (Fsp3) is 0.0217. The van der Waals surface area contributed by atoms with Crippen LogP contribution in [-0.4, -0.2) is 41.4 Å². The van der Waals surface area contributed by atoms with Crippen molar-refractivity contribution < 1.29 is 0 Å². The molecule has 54 heavy (non-hydrogen) atoms. The van der Waals surface area contributed by atoms with Gasteiger partial charge in [-0.3, -0.25) is 15.0 Å². The van der Waals surface area contributed by atoms with Crippen molar-refractivity contribution in [2.24, 2.45) is 0 Å². The summed E-state index contributed by atoms with van der Waals surface area (Å²) in [6.07, 6.45) is 16.7. The van der Waals surface area contributed by atoms with Crippen molar-refractivity contribution in [2.75, 3.05) is 6.54 Å². The first kappa shape index (κ1) is 32.5. The van der Waals surface area contributed by atoms with Gasteiger partial charge in [0.25, 0.3) is 0 Å². The predicted octanol–water partition coefficient (Wildman–Crippen LogP) is 9.62. The molecule has 5 aromatic heterocycles. The van der Waals surface area contributed by atoms with E-state index in [0.717, 1.165) is 85.0 Å². The zero-order valence-corrected chi connectivity index (χ0v) is 29.1. The molecular formula is C46H32N8. The summed E-state index contributed by atoms with van der Waals surface area (Å²) >= 11 is 0. The molecule has 0 spiro atoms. The Hall–Kier alpha value is -7.45. The van der Waals surface area contributed by atoms with Crippen LogP contribution < -0.4 is 5.32 Å². The monoisotopic (exact) mass is 696 g/mol. The molecule has 0 bridgehead atoms. The van der Waals surface area contributed by atoms with E-state index in [9.17, 15) is 0 Å². The molecule has 0 amide bonds. The summed E-state index contributed by atoms with van der Waals surface area (Å²) in [7, 11) is 0. The second-order valence-corrected chi connectivity index (χ2v) is 12.8. The Balaban J connectivity index is 0.965. The van der Waals surface area contributed by atoms with E-state index in [1.54, 1.807) is 24.8 Å². The molecule has 256 valence electrons. The minimum Gasteiger partial charge on any atom is -0.387 e. The average molecular weight is 697 g/mol.